The molecular weight excluding hydrogens is 408 g/mol. The Bertz CT molecular complexity index is 1080. The van der Waals surface area contributed by atoms with Crippen LogP contribution in [0.25, 0.3) is 0 Å². The number of nitrogens with one attached hydrogen (secondary N) is 2. The number of fused-ring (bicyclic) bond motifs is 1. The summed E-state index contributed by atoms with van der Waals surface area (Å²) < 4.78 is 0. The maximum Gasteiger partial charge on any atom is 0.324 e. The molecule has 0 spiro atoms. The topological polar surface area (TPSA) is 87.5 Å². The highest BCUT2D eigenvalue weighted by Crippen LogP contribution is 2.37. The van der Waals surface area contributed by atoms with E-state index in [2.05, 4.69) is 34.6 Å². The molecule has 0 unspecified atom stereocenters. The van der Waals surface area contributed by atoms with E-state index in [1.54, 1.807) is 0 Å². The monoisotopic (exact) mass is 434 g/mol. The molecule has 3 aromatic rings. The van der Waals surface area contributed by atoms with E-state index in [9.17, 15) is 9.59 Å². The third-order valence-electron chi connectivity index (χ3n) is 5.52. The van der Waals surface area contributed by atoms with Gasteiger partial charge >= 0.3 is 6.03 Å². The first kappa shape index (κ1) is 21.1. The molecule has 0 fully saturated rings. The van der Waals surface area contributed by atoms with E-state index in [1.165, 1.54) is 22.5 Å². The van der Waals surface area contributed by atoms with Crippen molar-refractivity contribution < 1.29 is 9.59 Å². The summed E-state index contributed by atoms with van der Waals surface area (Å²) in [5.41, 5.74) is 10.2. The van der Waals surface area contributed by atoms with Crippen LogP contribution in [0.3, 0.4) is 0 Å². The van der Waals surface area contributed by atoms with Crippen LogP contribution in [0.2, 0.25) is 0 Å². The number of amides is 3. The normalized spacial score (nSPS) is 13.5. The van der Waals surface area contributed by atoms with Crippen LogP contribution < -0.4 is 16.4 Å². The summed E-state index contributed by atoms with van der Waals surface area (Å²) in [5.74, 6) is -0.497. The smallest absolute Gasteiger partial charge is 0.324 e. The first-order valence-electron chi connectivity index (χ1n) is 10.4. The van der Waals surface area contributed by atoms with Crippen molar-refractivity contribution in [2.75, 3.05) is 23.7 Å². The van der Waals surface area contributed by atoms with E-state index in [4.69, 9.17) is 5.73 Å². The van der Waals surface area contributed by atoms with Gasteiger partial charge in [0.15, 0.2) is 0 Å². The van der Waals surface area contributed by atoms with Gasteiger partial charge in [-0.2, -0.15) is 0 Å². The quantitative estimate of drug-likeness (QED) is 0.535. The Labute approximate surface area is 186 Å². The van der Waals surface area contributed by atoms with Gasteiger partial charge in [0, 0.05) is 23.7 Å². The number of primary amides is 1. The second-order valence-corrected chi connectivity index (χ2v) is 8.73. The minimum Gasteiger partial charge on any atom is -0.365 e. The van der Waals surface area contributed by atoms with Gasteiger partial charge in [-0.05, 0) is 48.2 Å². The van der Waals surface area contributed by atoms with Crippen LogP contribution in [0.1, 0.15) is 38.8 Å². The number of thiophene rings is 1. The number of carbonyl (C=O) groups excluding carboxylic acids is 2. The number of hydrogen-bond donors (Lipinski definition) is 3. The second kappa shape index (κ2) is 9.32. The highest BCUT2D eigenvalue weighted by Gasteiger charge is 2.27. The molecule has 2 heterocycles. The van der Waals surface area contributed by atoms with E-state index in [-0.39, 0.29) is 6.03 Å². The standard InChI is InChI=1S/C24H26N4O2S/c1-2-28-13-12-19-20(15-28)31-23(21(19)22(25)29)27-24(30)26-18-10-8-17(9-11-18)14-16-6-4-3-5-7-16/h3-11H,2,12-15H2,1H3,(H2,25,29)(H2,26,27,30). The predicted octanol–water partition coefficient (Wildman–Crippen LogP) is 4.46. The molecule has 3 amide bonds. The predicted molar refractivity (Wildman–Crippen MR) is 126 cm³/mol. The fourth-order valence-electron chi connectivity index (χ4n) is 3.88. The van der Waals surface area contributed by atoms with E-state index < -0.39 is 5.91 Å². The van der Waals surface area contributed by atoms with Crippen molar-refractivity contribution in [3.05, 3.63) is 81.7 Å². The average molecular weight is 435 g/mol. The zero-order valence-electron chi connectivity index (χ0n) is 17.5. The maximum atomic E-state index is 12.6. The lowest BCUT2D eigenvalue weighted by atomic mass is 10.0. The van der Waals surface area contributed by atoms with Crippen molar-refractivity contribution in [1.82, 2.24) is 4.90 Å². The summed E-state index contributed by atoms with van der Waals surface area (Å²) in [7, 11) is 0. The largest absolute Gasteiger partial charge is 0.365 e. The Hall–Kier alpha value is -3.16. The summed E-state index contributed by atoms with van der Waals surface area (Å²) in [4.78, 5) is 28.1. The lowest BCUT2D eigenvalue weighted by Gasteiger charge is -2.25. The number of likely N-dealkylation sites (N-methyl/N-ethyl adjacent to an activating group) is 1. The van der Waals surface area contributed by atoms with Crippen molar-refractivity contribution in [3.63, 3.8) is 0 Å². The Kier molecular flexibility index (Phi) is 6.34. The van der Waals surface area contributed by atoms with Crippen molar-refractivity contribution in [2.45, 2.75) is 26.3 Å². The van der Waals surface area contributed by atoms with Crippen LogP contribution in [0.5, 0.6) is 0 Å². The lowest BCUT2D eigenvalue weighted by molar-refractivity contribution is 0.1000. The van der Waals surface area contributed by atoms with Crippen LogP contribution in [-0.4, -0.2) is 29.9 Å². The second-order valence-electron chi connectivity index (χ2n) is 7.63. The molecule has 1 aliphatic rings. The molecule has 31 heavy (non-hydrogen) atoms. The number of nitrogens with zero attached hydrogens (tertiary/aromatic N) is 1. The van der Waals surface area contributed by atoms with Gasteiger partial charge in [0.05, 0.1) is 5.56 Å². The maximum absolute atomic E-state index is 12.6. The van der Waals surface area contributed by atoms with E-state index in [1.807, 2.05) is 42.5 Å². The first-order chi connectivity index (χ1) is 15.0. The van der Waals surface area contributed by atoms with Crippen molar-refractivity contribution in [3.8, 4) is 0 Å². The number of anilines is 2. The molecule has 7 heteroatoms. The molecule has 160 valence electrons. The third kappa shape index (κ3) is 4.95. The van der Waals surface area contributed by atoms with Crippen LogP contribution >= 0.6 is 11.3 Å². The van der Waals surface area contributed by atoms with E-state index >= 15 is 0 Å². The number of nitrogens with two attached hydrogens (primary N) is 1. The number of urea groups is 1. The number of benzene rings is 2. The molecule has 0 radical (unpaired) electrons. The Morgan fingerprint density at radius 3 is 2.42 bits per heavy atom. The number of rotatable bonds is 6. The van der Waals surface area contributed by atoms with Crippen LogP contribution in [0.4, 0.5) is 15.5 Å². The Morgan fingerprint density at radius 2 is 1.74 bits per heavy atom. The summed E-state index contributed by atoms with van der Waals surface area (Å²) in [5, 5.41) is 6.20. The summed E-state index contributed by atoms with van der Waals surface area (Å²) >= 11 is 1.44. The molecular formula is C24H26N4O2S. The van der Waals surface area contributed by atoms with Gasteiger partial charge in [-0.15, -0.1) is 11.3 Å². The average Bonchev–Trinajstić information content (AvgIpc) is 3.12. The van der Waals surface area contributed by atoms with Gasteiger partial charge in [0.2, 0.25) is 0 Å². The minimum atomic E-state index is -0.497. The summed E-state index contributed by atoms with van der Waals surface area (Å²) in [6.45, 7) is 4.74. The van der Waals surface area contributed by atoms with Crippen molar-refractivity contribution in [1.29, 1.82) is 0 Å². The SMILES string of the molecule is CCN1CCc2c(sc(NC(=O)Nc3ccc(Cc4ccccc4)cc3)c2C(N)=O)C1. The molecule has 0 saturated carbocycles. The highest BCUT2D eigenvalue weighted by atomic mass is 32.1. The third-order valence-corrected chi connectivity index (χ3v) is 6.65. The molecule has 0 aliphatic carbocycles. The van der Waals surface area contributed by atoms with Gasteiger partial charge in [0.1, 0.15) is 5.00 Å². The van der Waals surface area contributed by atoms with E-state index in [0.29, 0.717) is 16.3 Å². The Morgan fingerprint density at radius 1 is 1.03 bits per heavy atom. The van der Waals surface area contributed by atoms with Crippen LogP contribution in [-0.2, 0) is 19.4 Å². The van der Waals surface area contributed by atoms with Gasteiger partial charge < -0.3 is 11.1 Å². The summed E-state index contributed by atoms with van der Waals surface area (Å²) in [6.07, 6.45) is 1.61. The summed E-state index contributed by atoms with van der Waals surface area (Å²) in [6, 6.07) is 17.6. The van der Waals surface area contributed by atoms with Gasteiger partial charge in [0.25, 0.3) is 5.91 Å². The lowest BCUT2D eigenvalue weighted by Crippen LogP contribution is -2.30. The molecule has 4 N–H and O–H groups in total. The van der Waals surface area contributed by atoms with Gasteiger partial charge in [-0.25, -0.2) is 4.79 Å². The van der Waals surface area contributed by atoms with Gasteiger partial charge in [-0.3, -0.25) is 15.0 Å². The molecule has 1 aliphatic heterocycles. The molecule has 6 nitrogen and oxygen atoms in total. The zero-order valence-corrected chi connectivity index (χ0v) is 18.3. The molecule has 1 aromatic heterocycles. The zero-order chi connectivity index (χ0) is 21.8. The molecule has 2 aromatic carbocycles. The number of carbonyl (C=O) groups is 2. The van der Waals surface area contributed by atoms with Crippen molar-refractivity contribution in [2.24, 2.45) is 5.73 Å². The van der Waals surface area contributed by atoms with E-state index in [0.717, 1.165) is 42.9 Å². The highest BCUT2D eigenvalue weighted by molar-refractivity contribution is 7.17. The van der Waals surface area contributed by atoms with Crippen LogP contribution in [0.15, 0.2) is 54.6 Å². The van der Waals surface area contributed by atoms with Gasteiger partial charge in [-0.1, -0.05) is 49.4 Å². The number of hydrogen-bond acceptors (Lipinski definition) is 4. The minimum absolute atomic E-state index is 0.385. The molecule has 0 bridgehead atoms. The molecule has 0 atom stereocenters. The van der Waals surface area contributed by atoms with Crippen LogP contribution in [0, 0.1) is 0 Å². The Balaban J connectivity index is 1.43. The molecule has 0 saturated heterocycles. The van der Waals surface area contributed by atoms with Crippen molar-refractivity contribution >= 4 is 34.0 Å². The fraction of sp³-hybridized carbons (Fsp3) is 0.250. The first-order valence-corrected chi connectivity index (χ1v) is 11.2. The fourth-order valence-corrected chi connectivity index (χ4v) is 5.17. The molecule has 4 rings (SSSR count).